The SMILES string of the molecule is CCCCC1CCC(C(=O)N[C@H](C(=O)O)[C@@H](C)CC)CC1. The second-order valence-corrected chi connectivity index (χ2v) is 6.57. The number of amides is 1. The molecule has 1 aliphatic rings. The minimum absolute atomic E-state index is 0.00813. The molecule has 21 heavy (non-hydrogen) atoms. The van der Waals surface area contributed by atoms with Crippen molar-refractivity contribution in [1.82, 2.24) is 5.32 Å². The number of hydrogen-bond acceptors (Lipinski definition) is 2. The molecule has 0 aromatic rings. The molecule has 0 heterocycles. The normalized spacial score (nSPS) is 25.1. The van der Waals surface area contributed by atoms with Gasteiger partial charge in [-0.1, -0.05) is 46.5 Å². The molecule has 0 unspecified atom stereocenters. The van der Waals surface area contributed by atoms with Crippen molar-refractivity contribution in [2.45, 2.75) is 78.2 Å². The molecule has 2 atom stereocenters. The van der Waals surface area contributed by atoms with E-state index in [1.165, 1.54) is 19.3 Å². The molecule has 1 aliphatic carbocycles. The van der Waals surface area contributed by atoms with Crippen molar-refractivity contribution in [2.75, 3.05) is 0 Å². The number of nitrogens with one attached hydrogen (secondary N) is 1. The highest BCUT2D eigenvalue weighted by atomic mass is 16.4. The van der Waals surface area contributed by atoms with Gasteiger partial charge >= 0.3 is 5.97 Å². The van der Waals surface area contributed by atoms with Gasteiger partial charge in [-0.3, -0.25) is 4.79 Å². The van der Waals surface area contributed by atoms with Crippen molar-refractivity contribution in [1.29, 1.82) is 0 Å². The van der Waals surface area contributed by atoms with Crippen molar-refractivity contribution in [3.63, 3.8) is 0 Å². The number of carboxylic acid groups (broad SMARTS) is 1. The maximum absolute atomic E-state index is 12.3. The average Bonchev–Trinajstić information content (AvgIpc) is 2.49. The highest BCUT2D eigenvalue weighted by Gasteiger charge is 2.31. The Bertz CT molecular complexity index is 335. The number of aliphatic carboxylic acids is 1. The van der Waals surface area contributed by atoms with Gasteiger partial charge in [0.15, 0.2) is 0 Å². The molecule has 122 valence electrons. The van der Waals surface area contributed by atoms with Gasteiger partial charge in [-0.05, 0) is 37.5 Å². The van der Waals surface area contributed by atoms with E-state index in [1.54, 1.807) is 0 Å². The predicted octanol–water partition coefficient (Wildman–Crippen LogP) is 3.60. The smallest absolute Gasteiger partial charge is 0.326 e. The molecule has 0 spiro atoms. The van der Waals surface area contributed by atoms with Crippen LogP contribution in [0.25, 0.3) is 0 Å². The first-order valence-electron chi connectivity index (χ1n) is 8.52. The largest absolute Gasteiger partial charge is 0.480 e. The zero-order valence-corrected chi connectivity index (χ0v) is 13.7. The van der Waals surface area contributed by atoms with Crippen LogP contribution in [0.5, 0.6) is 0 Å². The van der Waals surface area contributed by atoms with E-state index in [0.29, 0.717) is 0 Å². The third kappa shape index (κ3) is 5.68. The molecule has 0 aromatic heterocycles. The third-order valence-corrected chi connectivity index (χ3v) is 4.96. The van der Waals surface area contributed by atoms with Gasteiger partial charge in [0.2, 0.25) is 5.91 Å². The van der Waals surface area contributed by atoms with Crippen LogP contribution in [0.3, 0.4) is 0 Å². The minimum atomic E-state index is -0.922. The first kappa shape index (κ1) is 18.0. The monoisotopic (exact) mass is 297 g/mol. The van der Waals surface area contributed by atoms with Crippen LogP contribution in [0.2, 0.25) is 0 Å². The van der Waals surface area contributed by atoms with Crippen LogP contribution in [-0.2, 0) is 9.59 Å². The maximum atomic E-state index is 12.3. The number of rotatable bonds is 8. The fraction of sp³-hybridized carbons (Fsp3) is 0.882. The molecule has 0 aliphatic heterocycles. The van der Waals surface area contributed by atoms with E-state index in [0.717, 1.165) is 38.0 Å². The van der Waals surface area contributed by atoms with Gasteiger partial charge in [-0.25, -0.2) is 4.79 Å². The Kier molecular flexibility index (Phi) is 7.76. The Morgan fingerprint density at radius 2 is 1.81 bits per heavy atom. The summed E-state index contributed by atoms with van der Waals surface area (Å²) < 4.78 is 0. The van der Waals surface area contributed by atoms with E-state index in [1.807, 2.05) is 13.8 Å². The van der Waals surface area contributed by atoms with E-state index in [4.69, 9.17) is 0 Å². The summed E-state index contributed by atoms with van der Waals surface area (Å²) >= 11 is 0. The summed E-state index contributed by atoms with van der Waals surface area (Å²) in [5, 5.41) is 12.0. The van der Waals surface area contributed by atoms with E-state index in [-0.39, 0.29) is 17.7 Å². The molecule has 4 heteroatoms. The van der Waals surface area contributed by atoms with E-state index in [2.05, 4.69) is 12.2 Å². The van der Waals surface area contributed by atoms with Crippen LogP contribution < -0.4 is 5.32 Å². The third-order valence-electron chi connectivity index (χ3n) is 4.96. The van der Waals surface area contributed by atoms with E-state index >= 15 is 0 Å². The lowest BCUT2D eigenvalue weighted by Gasteiger charge is -2.29. The standard InChI is InChI=1S/C17H31NO3/c1-4-6-7-13-8-10-14(11-9-13)16(19)18-15(17(20)21)12(3)5-2/h12-15H,4-11H2,1-3H3,(H,18,19)(H,20,21)/t12-,13?,14?,15-/m0/s1. The van der Waals surface area contributed by atoms with Crippen molar-refractivity contribution in [2.24, 2.45) is 17.8 Å². The molecule has 1 amide bonds. The lowest BCUT2D eigenvalue weighted by Crippen LogP contribution is -2.47. The highest BCUT2D eigenvalue weighted by molar-refractivity contribution is 5.85. The zero-order chi connectivity index (χ0) is 15.8. The van der Waals surface area contributed by atoms with Gasteiger partial charge in [-0.2, -0.15) is 0 Å². The first-order chi connectivity index (χ1) is 9.99. The Balaban J connectivity index is 2.44. The topological polar surface area (TPSA) is 66.4 Å². The fourth-order valence-electron chi connectivity index (χ4n) is 3.16. The minimum Gasteiger partial charge on any atom is -0.480 e. The van der Waals surface area contributed by atoms with Crippen molar-refractivity contribution < 1.29 is 14.7 Å². The molecule has 2 N–H and O–H groups in total. The lowest BCUT2D eigenvalue weighted by atomic mass is 9.79. The van der Waals surface area contributed by atoms with Crippen molar-refractivity contribution >= 4 is 11.9 Å². The average molecular weight is 297 g/mol. The highest BCUT2D eigenvalue weighted by Crippen LogP contribution is 2.32. The van der Waals surface area contributed by atoms with Gasteiger partial charge in [0.1, 0.15) is 6.04 Å². The van der Waals surface area contributed by atoms with Crippen LogP contribution in [0.15, 0.2) is 0 Å². The number of carbonyl (C=O) groups excluding carboxylic acids is 1. The summed E-state index contributed by atoms with van der Waals surface area (Å²) in [4.78, 5) is 23.6. The number of carboxylic acids is 1. The Morgan fingerprint density at radius 1 is 1.19 bits per heavy atom. The van der Waals surface area contributed by atoms with Gasteiger partial charge in [0, 0.05) is 5.92 Å². The molecular weight excluding hydrogens is 266 g/mol. The molecule has 0 aromatic carbocycles. The van der Waals surface area contributed by atoms with Crippen molar-refractivity contribution in [3.8, 4) is 0 Å². The van der Waals surface area contributed by atoms with Crippen molar-refractivity contribution in [3.05, 3.63) is 0 Å². The van der Waals surface area contributed by atoms with Gasteiger partial charge in [0.05, 0.1) is 0 Å². The Hall–Kier alpha value is -1.06. The number of carbonyl (C=O) groups is 2. The maximum Gasteiger partial charge on any atom is 0.326 e. The molecule has 1 rings (SSSR count). The van der Waals surface area contributed by atoms with E-state index < -0.39 is 12.0 Å². The molecule has 0 radical (unpaired) electrons. The van der Waals surface area contributed by atoms with Gasteiger partial charge < -0.3 is 10.4 Å². The summed E-state index contributed by atoms with van der Waals surface area (Å²) in [5.41, 5.74) is 0. The van der Waals surface area contributed by atoms with Gasteiger partial charge in [-0.15, -0.1) is 0 Å². The lowest BCUT2D eigenvalue weighted by molar-refractivity contribution is -0.144. The van der Waals surface area contributed by atoms with E-state index in [9.17, 15) is 14.7 Å². The van der Waals surface area contributed by atoms with Crippen LogP contribution >= 0.6 is 0 Å². The summed E-state index contributed by atoms with van der Waals surface area (Å²) in [7, 11) is 0. The van der Waals surface area contributed by atoms with Crippen LogP contribution in [0.1, 0.15) is 72.1 Å². The predicted molar refractivity (Wildman–Crippen MR) is 84.0 cm³/mol. The summed E-state index contributed by atoms with van der Waals surface area (Å²) in [5.74, 6) is -0.245. The summed E-state index contributed by atoms with van der Waals surface area (Å²) in [6, 6.07) is -0.750. The van der Waals surface area contributed by atoms with Crippen LogP contribution in [0.4, 0.5) is 0 Å². The summed E-state index contributed by atoms with van der Waals surface area (Å²) in [6.45, 7) is 6.03. The van der Waals surface area contributed by atoms with Gasteiger partial charge in [0.25, 0.3) is 0 Å². The second-order valence-electron chi connectivity index (χ2n) is 6.57. The summed E-state index contributed by atoms with van der Waals surface area (Å²) in [6.07, 6.45) is 8.57. The fourth-order valence-corrected chi connectivity index (χ4v) is 3.16. The molecule has 0 saturated heterocycles. The first-order valence-corrected chi connectivity index (χ1v) is 8.52. The molecule has 4 nitrogen and oxygen atoms in total. The van der Waals surface area contributed by atoms with Crippen LogP contribution in [-0.4, -0.2) is 23.0 Å². The molecule has 0 bridgehead atoms. The Labute approximate surface area is 128 Å². The number of hydrogen-bond donors (Lipinski definition) is 2. The molecular formula is C17H31NO3. The molecule has 1 saturated carbocycles. The quantitative estimate of drug-likeness (QED) is 0.719. The van der Waals surface area contributed by atoms with Crippen LogP contribution in [0, 0.1) is 17.8 Å². The molecule has 1 fully saturated rings. The Morgan fingerprint density at radius 3 is 2.29 bits per heavy atom. The second kappa shape index (κ2) is 9.06. The zero-order valence-electron chi connectivity index (χ0n) is 13.7. The number of unbranched alkanes of at least 4 members (excludes halogenated alkanes) is 1.